The molecule has 2 rings (SSSR count). The van der Waals surface area contributed by atoms with Crippen LogP contribution in [0.2, 0.25) is 0 Å². The predicted octanol–water partition coefficient (Wildman–Crippen LogP) is 4.10. The molecule has 3 nitrogen and oxygen atoms in total. The Balaban J connectivity index is 1.91. The highest BCUT2D eigenvalue weighted by atomic mass is 16.3. The second-order valence-electron chi connectivity index (χ2n) is 7.01. The van der Waals surface area contributed by atoms with Crippen LogP contribution in [-0.4, -0.2) is 24.0 Å². The molecule has 1 unspecified atom stereocenters. The first-order valence-electron chi connectivity index (χ1n) is 8.59. The van der Waals surface area contributed by atoms with Crippen LogP contribution in [0.1, 0.15) is 63.5 Å². The van der Waals surface area contributed by atoms with Crippen molar-refractivity contribution in [2.24, 2.45) is 5.92 Å². The lowest BCUT2D eigenvalue weighted by molar-refractivity contribution is 0.188. The molecule has 0 radical (unpaired) electrons. The molecule has 1 aliphatic heterocycles. The standard InChI is InChI=1S/C18H32N2O/c1-14(2)11-19-12-18-15(3)10-17(21-18)13-20-9-7-5-6-8-16(20)4/h10,14,16,19H,5-9,11-13H2,1-4H3. The summed E-state index contributed by atoms with van der Waals surface area (Å²) in [5.74, 6) is 2.91. The monoisotopic (exact) mass is 292 g/mol. The van der Waals surface area contributed by atoms with Gasteiger partial charge in [0.25, 0.3) is 0 Å². The maximum absolute atomic E-state index is 6.08. The van der Waals surface area contributed by atoms with Crippen molar-refractivity contribution in [3.8, 4) is 0 Å². The van der Waals surface area contributed by atoms with E-state index in [1.165, 1.54) is 37.8 Å². The summed E-state index contributed by atoms with van der Waals surface area (Å²) in [4.78, 5) is 2.58. The molecule has 0 spiro atoms. The third-order valence-electron chi connectivity index (χ3n) is 4.46. The molecule has 1 aromatic heterocycles. The highest BCUT2D eigenvalue weighted by Crippen LogP contribution is 2.21. The summed E-state index contributed by atoms with van der Waals surface area (Å²) < 4.78 is 6.08. The molecular formula is C18H32N2O. The third kappa shape index (κ3) is 5.15. The van der Waals surface area contributed by atoms with Crippen molar-refractivity contribution < 1.29 is 4.42 Å². The molecule has 0 saturated carbocycles. The molecule has 0 amide bonds. The molecular weight excluding hydrogens is 260 g/mol. The van der Waals surface area contributed by atoms with E-state index in [0.717, 1.165) is 31.2 Å². The van der Waals surface area contributed by atoms with Crippen LogP contribution in [0.15, 0.2) is 10.5 Å². The lowest BCUT2D eigenvalue weighted by Crippen LogP contribution is -2.31. The smallest absolute Gasteiger partial charge is 0.120 e. The number of nitrogens with zero attached hydrogens (tertiary/aromatic N) is 1. The van der Waals surface area contributed by atoms with E-state index in [9.17, 15) is 0 Å². The molecule has 1 aliphatic rings. The Morgan fingerprint density at radius 3 is 2.90 bits per heavy atom. The molecule has 21 heavy (non-hydrogen) atoms. The van der Waals surface area contributed by atoms with E-state index >= 15 is 0 Å². The van der Waals surface area contributed by atoms with Gasteiger partial charge >= 0.3 is 0 Å². The quantitative estimate of drug-likeness (QED) is 0.855. The Morgan fingerprint density at radius 1 is 1.33 bits per heavy atom. The van der Waals surface area contributed by atoms with E-state index in [2.05, 4.69) is 44.0 Å². The minimum absolute atomic E-state index is 0.678. The van der Waals surface area contributed by atoms with Crippen molar-refractivity contribution in [3.05, 3.63) is 23.2 Å². The van der Waals surface area contributed by atoms with Gasteiger partial charge in [0, 0.05) is 6.04 Å². The predicted molar refractivity (Wildman–Crippen MR) is 88.3 cm³/mol. The van der Waals surface area contributed by atoms with Gasteiger partial charge in [0.15, 0.2) is 0 Å². The van der Waals surface area contributed by atoms with Crippen molar-refractivity contribution in [1.82, 2.24) is 10.2 Å². The summed E-state index contributed by atoms with van der Waals surface area (Å²) >= 11 is 0. The Hall–Kier alpha value is -0.800. The molecule has 0 bridgehead atoms. The van der Waals surface area contributed by atoms with Gasteiger partial charge in [-0.05, 0) is 57.3 Å². The fraction of sp³-hybridized carbons (Fsp3) is 0.778. The van der Waals surface area contributed by atoms with Crippen molar-refractivity contribution in [2.75, 3.05) is 13.1 Å². The SMILES string of the molecule is Cc1cc(CN2CCCCCC2C)oc1CNCC(C)C. The fourth-order valence-electron chi connectivity index (χ4n) is 3.09. The first-order chi connectivity index (χ1) is 10.1. The maximum Gasteiger partial charge on any atom is 0.120 e. The first-order valence-corrected chi connectivity index (χ1v) is 8.59. The summed E-state index contributed by atoms with van der Waals surface area (Å²) in [6.07, 6.45) is 5.40. The van der Waals surface area contributed by atoms with Gasteiger partial charge in [-0.25, -0.2) is 0 Å². The largest absolute Gasteiger partial charge is 0.463 e. The minimum atomic E-state index is 0.678. The van der Waals surface area contributed by atoms with Crippen LogP contribution in [0.4, 0.5) is 0 Å². The van der Waals surface area contributed by atoms with Crippen molar-refractivity contribution in [1.29, 1.82) is 0 Å². The summed E-state index contributed by atoms with van der Waals surface area (Å²) in [6.45, 7) is 13.0. The average molecular weight is 292 g/mol. The normalized spacial score (nSPS) is 20.9. The number of hydrogen-bond acceptors (Lipinski definition) is 3. The third-order valence-corrected chi connectivity index (χ3v) is 4.46. The van der Waals surface area contributed by atoms with E-state index in [-0.39, 0.29) is 0 Å². The summed E-state index contributed by atoms with van der Waals surface area (Å²) in [6, 6.07) is 2.91. The lowest BCUT2D eigenvalue weighted by atomic mass is 10.1. The average Bonchev–Trinajstić information content (AvgIpc) is 2.63. The van der Waals surface area contributed by atoms with Gasteiger partial charge in [0.1, 0.15) is 11.5 Å². The van der Waals surface area contributed by atoms with E-state index in [0.29, 0.717) is 12.0 Å². The number of aryl methyl sites for hydroxylation is 1. The van der Waals surface area contributed by atoms with E-state index < -0.39 is 0 Å². The summed E-state index contributed by atoms with van der Waals surface area (Å²) in [5, 5.41) is 3.47. The van der Waals surface area contributed by atoms with Crippen molar-refractivity contribution in [3.63, 3.8) is 0 Å². The Labute approximate surface area is 130 Å². The minimum Gasteiger partial charge on any atom is -0.463 e. The summed E-state index contributed by atoms with van der Waals surface area (Å²) in [5.41, 5.74) is 1.28. The van der Waals surface area contributed by atoms with Crippen LogP contribution in [0.3, 0.4) is 0 Å². The molecule has 0 aromatic carbocycles. The topological polar surface area (TPSA) is 28.4 Å². The Kier molecular flexibility index (Phi) is 6.31. The molecule has 1 fully saturated rings. The zero-order chi connectivity index (χ0) is 15.2. The molecule has 2 heterocycles. The number of likely N-dealkylation sites (tertiary alicyclic amines) is 1. The molecule has 3 heteroatoms. The van der Waals surface area contributed by atoms with E-state index in [4.69, 9.17) is 4.42 Å². The Bertz CT molecular complexity index is 425. The van der Waals surface area contributed by atoms with E-state index in [1.54, 1.807) is 0 Å². The zero-order valence-electron chi connectivity index (χ0n) is 14.2. The highest BCUT2D eigenvalue weighted by Gasteiger charge is 2.19. The number of rotatable bonds is 6. The first kappa shape index (κ1) is 16.6. The molecule has 1 N–H and O–H groups in total. The maximum atomic E-state index is 6.08. The zero-order valence-corrected chi connectivity index (χ0v) is 14.2. The van der Waals surface area contributed by atoms with Crippen LogP contribution in [-0.2, 0) is 13.1 Å². The molecule has 120 valence electrons. The van der Waals surface area contributed by atoms with E-state index in [1.807, 2.05) is 0 Å². The van der Waals surface area contributed by atoms with Crippen molar-refractivity contribution >= 4 is 0 Å². The number of hydrogen-bond donors (Lipinski definition) is 1. The number of furan rings is 1. The molecule has 1 atom stereocenters. The van der Waals surface area contributed by atoms with Gasteiger partial charge in [-0.3, -0.25) is 4.90 Å². The van der Waals surface area contributed by atoms with Gasteiger partial charge < -0.3 is 9.73 Å². The van der Waals surface area contributed by atoms with Gasteiger partial charge in [0.2, 0.25) is 0 Å². The second-order valence-corrected chi connectivity index (χ2v) is 7.01. The van der Waals surface area contributed by atoms with Crippen LogP contribution in [0, 0.1) is 12.8 Å². The van der Waals surface area contributed by atoms with Crippen LogP contribution in [0.25, 0.3) is 0 Å². The second kappa shape index (κ2) is 8.00. The Morgan fingerprint density at radius 2 is 2.14 bits per heavy atom. The molecule has 0 aliphatic carbocycles. The van der Waals surface area contributed by atoms with Crippen LogP contribution in [0.5, 0.6) is 0 Å². The van der Waals surface area contributed by atoms with Crippen molar-refractivity contribution in [2.45, 2.75) is 72.5 Å². The van der Waals surface area contributed by atoms with Gasteiger partial charge in [-0.1, -0.05) is 26.7 Å². The van der Waals surface area contributed by atoms with Crippen LogP contribution < -0.4 is 5.32 Å². The number of nitrogens with one attached hydrogen (secondary N) is 1. The van der Waals surface area contributed by atoms with Crippen LogP contribution >= 0.6 is 0 Å². The van der Waals surface area contributed by atoms with Gasteiger partial charge in [0.05, 0.1) is 13.1 Å². The van der Waals surface area contributed by atoms with Gasteiger partial charge in [-0.15, -0.1) is 0 Å². The molecule has 1 saturated heterocycles. The highest BCUT2D eigenvalue weighted by molar-refractivity contribution is 5.20. The summed E-state index contributed by atoms with van der Waals surface area (Å²) in [7, 11) is 0. The fourth-order valence-corrected chi connectivity index (χ4v) is 3.09. The molecule has 1 aromatic rings. The van der Waals surface area contributed by atoms with Gasteiger partial charge in [-0.2, -0.15) is 0 Å². The lowest BCUT2D eigenvalue weighted by Gasteiger charge is -2.25.